The van der Waals surface area contributed by atoms with Crippen molar-refractivity contribution in [1.29, 1.82) is 0 Å². The first kappa shape index (κ1) is 28.3. The summed E-state index contributed by atoms with van der Waals surface area (Å²) >= 11 is 0. The van der Waals surface area contributed by atoms with Crippen molar-refractivity contribution in [3.05, 3.63) is 70.9 Å². The molecule has 0 saturated carbocycles. The first-order chi connectivity index (χ1) is 17.0. The van der Waals surface area contributed by atoms with Gasteiger partial charge in [0.2, 0.25) is 11.7 Å². The van der Waals surface area contributed by atoms with Crippen LogP contribution in [0.25, 0.3) is 11.3 Å². The quantitative estimate of drug-likeness (QED) is 0.357. The second-order valence-electron chi connectivity index (χ2n) is 8.45. The number of carbonyl (C=O) groups is 1. The van der Waals surface area contributed by atoms with Gasteiger partial charge in [-0.1, -0.05) is 0 Å². The molecule has 0 bridgehead atoms. The molecule has 1 atom stereocenters. The number of hydrogen-bond donors (Lipinski definition) is 1. The maximum absolute atomic E-state index is 13.9. The van der Waals surface area contributed by atoms with Gasteiger partial charge in [0.1, 0.15) is 11.6 Å². The van der Waals surface area contributed by atoms with Crippen LogP contribution < -0.4 is 10.5 Å². The molecule has 2 heterocycles. The van der Waals surface area contributed by atoms with E-state index in [1.807, 2.05) is 0 Å². The van der Waals surface area contributed by atoms with Crippen molar-refractivity contribution in [3.8, 4) is 17.0 Å². The van der Waals surface area contributed by atoms with Gasteiger partial charge < -0.3 is 19.9 Å². The Hall–Kier alpha value is -3.25. The lowest BCUT2D eigenvalue weighted by atomic mass is 10.0. The van der Waals surface area contributed by atoms with Gasteiger partial charge in [0.25, 0.3) is 0 Å². The van der Waals surface area contributed by atoms with E-state index in [1.54, 1.807) is 24.3 Å². The fourth-order valence-electron chi connectivity index (χ4n) is 4.21. The molecule has 0 aliphatic carbocycles. The number of nitrogens with zero attached hydrogens (tertiary/aromatic N) is 3. The Bertz CT molecular complexity index is 1280. The number of amides is 1. The number of fused-ring (bicyclic) bond motifs is 1. The van der Waals surface area contributed by atoms with Crippen LogP contribution in [0, 0.1) is 17.5 Å². The number of halogens is 7. The van der Waals surface area contributed by atoms with Crippen molar-refractivity contribution in [1.82, 2.24) is 14.5 Å². The van der Waals surface area contributed by atoms with Crippen molar-refractivity contribution < 1.29 is 35.9 Å². The van der Waals surface area contributed by atoms with E-state index in [1.165, 1.54) is 12.0 Å². The summed E-state index contributed by atoms with van der Waals surface area (Å²) in [5, 5.41) is 0. The molecule has 1 aliphatic heterocycles. The zero-order valence-electron chi connectivity index (χ0n) is 19.5. The molecule has 37 heavy (non-hydrogen) atoms. The summed E-state index contributed by atoms with van der Waals surface area (Å²) in [6, 6.07) is 6.52. The molecule has 1 aliphatic rings. The molecule has 4 rings (SSSR count). The SMILES string of the molecule is COc1ccc(-c2nc(C(F)(F)F)n3c2CN(C(=O)C[C@H](N)Cc2cc(F)c(F)cc2F)CC3)cc1.Cl. The van der Waals surface area contributed by atoms with Crippen LogP contribution in [0.2, 0.25) is 0 Å². The predicted molar refractivity (Wildman–Crippen MR) is 124 cm³/mol. The first-order valence-corrected chi connectivity index (χ1v) is 11.0. The van der Waals surface area contributed by atoms with Gasteiger partial charge in [-0.25, -0.2) is 18.2 Å². The van der Waals surface area contributed by atoms with Crippen molar-refractivity contribution in [2.45, 2.75) is 38.1 Å². The van der Waals surface area contributed by atoms with Gasteiger partial charge in [-0.2, -0.15) is 13.2 Å². The number of carbonyl (C=O) groups excluding carboxylic acids is 1. The molecule has 0 radical (unpaired) electrons. The summed E-state index contributed by atoms with van der Waals surface area (Å²) in [5.74, 6) is -4.56. The van der Waals surface area contributed by atoms with Gasteiger partial charge >= 0.3 is 6.18 Å². The molecule has 3 aromatic rings. The van der Waals surface area contributed by atoms with E-state index in [0.717, 1.165) is 4.57 Å². The third-order valence-electron chi connectivity index (χ3n) is 5.98. The van der Waals surface area contributed by atoms with Crippen LogP contribution in [0.5, 0.6) is 5.75 Å². The number of methoxy groups -OCH3 is 1. The predicted octanol–water partition coefficient (Wildman–Crippen LogP) is 4.72. The van der Waals surface area contributed by atoms with Gasteiger partial charge in [0.15, 0.2) is 11.6 Å². The highest BCUT2D eigenvalue weighted by molar-refractivity contribution is 5.85. The lowest BCUT2D eigenvalue weighted by molar-refractivity contribution is -0.148. The molecule has 200 valence electrons. The van der Waals surface area contributed by atoms with E-state index in [0.29, 0.717) is 23.4 Å². The summed E-state index contributed by atoms with van der Waals surface area (Å²) in [7, 11) is 1.46. The van der Waals surface area contributed by atoms with Crippen LogP contribution in [-0.2, 0) is 30.5 Å². The highest BCUT2D eigenvalue weighted by atomic mass is 35.5. The summed E-state index contributed by atoms with van der Waals surface area (Å²) in [4.78, 5) is 18.1. The fraction of sp³-hybridized carbons (Fsp3) is 0.333. The molecule has 0 spiro atoms. The summed E-state index contributed by atoms with van der Waals surface area (Å²) in [6.07, 6.45) is -5.19. The molecule has 0 saturated heterocycles. The summed E-state index contributed by atoms with van der Waals surface area (Å²) in [6.45, 7) is -0.290. The van der Waals surface area contributed by atoms with E-state index in [9.17, 15) is 31.1 Å². The lowest BCUT2D eigenvalue weighted by Gasteiger charge is -2.30. The Morgan fingerprint density at radius 3 is 2.35 bits per heavy atom. The minimum Gasteiger partial charge on any atom is -0.497 e. The Balaban J connectivity index is 0.00000380. The first-order valence-electron chi connectivity index (χ1n) is 11.0. The Labute approximate surface area is 214 Å². The molecule has 6 nitrogen and oxygen atoms in total. The monoisotopic (exact) mass is 548 g/mol. The highest BCUT2D eigenvalue weighted by Crippen LogP contribution is 2.36. The number of hydrogen-bond acceptors (Lipinski definition) is 4. The Kier molecular flexibility index (Phi) is 8.43. The smallest absolute Gasteiger partial charge is 0.449 e. The van der Waals surface area contributed by atoms with Crippen LogP contribution in [0.3, 0.4) is 0 Å². The molecular weight excluding hydrogens is 526 g/mol. The Morgan fingerprint density at radius 1 is 1.08 bits per heavy atom. The molecule has 1 aromatic heterocycles. The number of benzene rings is 2. The number of alkyl halides is 3. The molecule has 2 aromatic carbocycles. The second-order valence-corrected chi connectivity index (χ2v) is 8.45. The number of ether oxygens (including phenoxy) is 1. The van der Waals surface area contributed by atoms with E-state index < -0.39 is 41.4 Å². The average Bonchev–Trinajstić information content (AvgIpc) is 3.22. The van der Waals surface area contributed by atoms with Crippen molar-refractivity contribution in [2.75, 3.05) is 13.7 Å². The van der Waals surface area contributed by atoms with E-state index in [4.69, 9.17) is 10.5 Å². The molecule has 13 heteroatoms. The minimum atomic E-state index is -4.69. The van der Waals surface area contributed by atoms with Crippen molar-refractivity contribution in [3.63, 3.8) is 0 Å². The van der Waals surface area contributed by atoms with Gasteiger partial charge in [0.05, 0.1) is 25.0 Å². The van der Waals surface area contributed by atoms with E-state index >= 15 is 0 Å². The highest BCUT2D eigenvalue weighted by Gasteiger charge is 2.40. The Morgan fingerprint density at radius 2 is 1.73 bits per heavy atom. The zero-order chi connectivity index (χ0) is 26.2. The molecule has 1 amide bonds. The number of imidazole rings is 1. The van der Waals surface area contributed by atoms with Crippen LogP contribution in [0.4, 0.5) is 26.3 Å². The van der Waals surface area contributed by atoms with Crippen molar-refractivity contribution in [2.24, 2.45) is 5.73 Å². The van der Waals surface area contributed by atoms with Crippen LogP contribution in [0.1, 0.15) is 23.5 Å². The number of rotatable bonds is 6. The van der Waals surface area contributed by atoms with Gasteiger partial charge in [-0.3, -0.25) is 4.79 Å². The lowest BCUT2D eigenvalue weighted by Crippen LogP contribution is -2.42. The molecule has 0 fully saturated rings. The van der Waals surface area contributed by atoms with Gasteiger partial charge in [-0.15, -0.1) is 12.4 Å². The molecule has 2 N–H and O–H groups in total. The molecule has 0 unspecified atom stereocenters. The van der Waals surface area contributed by atoms with Crippen LogP contribution in [0.15, 0.2) is 36.4 Å². The maximum Gasteiger partial charge on any atom is 0.449 e. The van der Waals surface area contributed by atoms with Crippen LogP contribution in [-0.4, -0.2) is 40.1 Å². The zero-order valence-corrected chi connectivity index (χ0v) is 20.3. The normalized spacial score (nSPS) is 14.1. The van der Waals surface area contributed by atoms with E-state index in [2.05, 4.69) is 4.98 Å². The fourth-order valence-corrected chi connectivity index (χ4v) is 4.21. The van der Waals surface area contributed by atoms with Gasteiger partial charge in [0, 0.05) is 37.2 Å². The third-order valence-corrected chi connectivity index (χ3v) is 5.98. The average molecular weight is 549 g/mol. The third kappa shape index (κ3) is 6.02. The summed E-state index contributed by atoms with van der Waals surface area (Å²) in [5.41, 5.74) is 6.52. The van der Waals surface area contributed by atoms with E-state index in [-0.39, 0.29) is 61.8 Å². The van der Waals surface area contributed by atoms with Crippen molar-refractivity contribution >= 4 is 18.3 Å². The van der Waals surface area contributed by atoms with Gasteiger partial charge in [-0.05, 0) is 42.3 Å². The maximum atomic E-state index is 13.9. The standard InChI is InChI=1S/C24H22F6N4O2.ClH/c1-36-16-4-2-13(3-5-16)22-20-12-33(6-7-34(20)23(32-22)24(28,29)30)21(35)10-15(31)8-14-9-18(26)19(27)11-17(14)25;/h2-5,9,11,15H,6-8,10,12,31H2,1H3;1H/t15-;/m1./s1. The summed E-state index contributed by atoms with van der Waals surface area (Å²) < 4.78 is 87.7. The molecular formula is C24H23ClF6N4O2. The minimum absolute atomic E-state index is 0. The topological polar surface area (TPSA) is 73.4 Å². The number of nitrogens with two attached hydrogens (primary N) is 1. The van der Waals surface area contributed by atoms with Crippen LogP contribution >= 0.6 is 12.4 Å². The number of aromatic nitrogens is 2. The second kappa shape index (κ2) is 11.0. The largest absolute Gasteiger partial charge is 0.497 e.